The molecule has 0 aliphatic carbocycles. The zero-order chi connectivity index (χ0) is 11.0. The van der Waals surface area contributed by atoms with Crippen molar-refractivity contribution in [2.45, 2.75) is 13.5 Å². The van der Waals surface area contributed by atoms with Gasteiger partial charge in [0.15, 0.2) is 10.7 Å². The minimum Gasteiger partial charge on any atom is -0.477 e. The number of carboxylic acid groups (broad SMARTS) is 1. The summed E-state index contributed by atoms with van der Waals surface area (Å²) in [6, 6.07) is 0. The van der Waals surface area contributed by atoms with Gasteiger partial charge in [-0.2, -0.15) is 0 Å². The van der Waals surface area contributed by atoms with Crippen LogP contribution in [-0.4, -0.2) is 27.6 Å². The molecule has 0 aliphatic rings. The summed E-state index contributed by atoms with van der Waals surface area (Å²) in [5.41, 5.74) is 1.55. The van der Waals surface area contributed by atoms with Crippen LogP contribution in [0, 0.1) is 6.92 Å². The maximum Gasteiger partial charge on any atom is 0.354 e. The molecule has 0 bridgehead atoms. The van der Waals surface area contributed by atoms with E-state index in [9.17, 15) is 4.79 Å². The number of aromatic nitrogens is 2. The van der Waals surface area contributed by atoms with E-state index in [4.69, 9.17) is 9.84 Å². The third-order valence-corrected chi connectivity index (χ3v) is 3.03. The van der Waals surface area contributed by atoms with Crippen molar-refractivity contribution in [3.8, 4) is 0 Å². The molecule has 0 unspecified atom stereocenters. The molecule has 0 atom stereocenters. The van der Waals surface area contributed by atoms with E-state index < -0.39 is 5.97 Å². The number of carboxylic acids is 1. The van der Waals surface area contributed by atoms with E-state index in [2.05, 4.69) is 4.98 Å². The van der Waals surface area contributed by atoms with Crippen LogP contribution in [0.5, 0.6) is 0 Å². The minimum absolute atomic E-state index is 0.200. The Bertz CT molecular complexity index is 515. The van der Waals surface area contributed by atoms with E-state index >= 15 is 0 Å². The molecule has 0 fully saturated rings. The van der Waals surface area contributed by atoms with Crippen LogP contribution >= 0.6 is 11.3 Å². The van der Waals surface area contributed by atoms with Crippen molar-refractivity contribution in [1.82, 2.24) is 9.38 Å². The second kappa shape index (κ2) is 3.63. The standard InChI is InChI=1S/C9H10N2O3S/c1-5-4-15-9-10-6(3-14-2)7(8(12)13)11(5)9/h4H,3H2,1-2H3,(H,12,13). The van der Waals surface area contributed by atoms with E-state index in [1.165, 1.54) is 18.4 Å². The van der Waals surface area contributed by atoms with Gasteiger partial charge in [-0.05, 0) is 6.92 Å². The fourth-order valence-corrected chi connectivity index (χ4v) is 2.38. The Labute approximate surface area is 89.9 Å². The Morgan fingerprint density at radius 3 is 3.07 bits per heavy atom. The molecule has 80 valence electrons. The maximum absolute atomic E-state index is 11.1. The fourth-order valence-electron chi connectivity index (χ4n) is 1.50. The molecule has 0 amide bonds. The van der Waals surface area contributed by atoms with E-state index in [0.29, 0.717) is 10.7 Å². The molecule has 0 radical (unpaired) electrons. The summed E-state index contributed by atoms with van der Waals surface area (Å²) in [5, 5.41) is 11.0. The molecule has 2 aromatic rings. The summed E-state index contributed by atoms with van der Waals surface area (Å²) in [4.78, 5) is 16.0. The molecule has 15 heavy (non-hydrogen) atoms. The van der Waals surface area contributed by atoms with E-state index in [0.717, 1.165) is 5.69 Å². The first-order chi connectivity index (χ1) is 7.15. The van der Waals surface area contributed by atoms with Gasteiger partial charge in [-0.1, -0.05) is 0 Å². The van der Waals surface area contributed by atoms with Crippen molar-refractivity contribution in [3.63, 3.8) is 0 Å². The summed E-state index contributed by atoms with van der Waals surface area (Å²) < 4.78 is 6.56. The summed E-state index contributed by atoms with van der Waals surface area (Å²) in [6.45, 7) is 2.07. The van der Waals surface area contributed by atoms with Crippen LogP contribution in [0.4, 0.5) is 0 Å². The number of carbonyl (C=O) groups is 1. The molecule has 1 N–H and O–H groups in total. The van der Waals surface area contributed by atoms with Crippen molar-refractivity contribution in [3.05, 3.63) is 22.5 Å². The number of nitrogens with zero attached hydrogens (tertiary/aromatic N) is 2. The highest BCUT2D eigenvalue weighted by molar-refractivity contribution is 7.15. The number of methoxy groups -OCH3 is 1. The van der Waals surface area contributed by atoms with E-state index in [-0.39, 0.29) is 12.3 Å². The molecule has 6 heteroatoms. The lowest BCUT2D eigenvalue weighted by Crippen LogP contribution is -2.06. The third-order valence-electron chi connectivity index (χ3n) is 2.09. The van der Waals surface area contributed by atoms with E-state index in [1.807, 2.05) is 12.3 Å². The molecule has 0 aliphatic heterocycles. The predicted molar refractivity (Wildman–Crippen MR) is 55.5 cm³/mol. The molecular weight excluding hydrogens is 216 g/mol. The molecule has 0 aromatic carbocycles. The second-order valence-electron chi connectivity index (χ2n) is 3.14. The number of ether oxygens (including phenoxy) is 1. The highest BCUT2D eigenvalue weighted by Gasteiger charge is 2.20. The zero-order valence-corrected chi connectivity index (χ0v) is 9.17. The highest BCUT2D eigenvalue weighted by Crippen LogP contribution is 2.21. The number of rotatable bonds is 3. The number of hydrogen-bond acceptors (Lipinski definition) is 4. The van der Waals surface area contributed by atoms with Gasteiger partial charge >= 0.3 is 5.97 Å². The van der Waals surface area contributed by atoms with Gasteiger partial charge in [-0.15, -0.1) is 11.3 Å². The van der Waals surface area contributed by atoms with Gasteiger partial charge in [0, 0.05) is 18.2 Å². The molecule has 2 heterocycles. The number of imidazole rings is 1. The Kier molecular flexibility index (Phi) is 2.45. The van der Waals surface area contributed by atoms with Gasteiger partial charge in [-0.25, -0.2) is 9.78 Å². The number of aromatic carboxylic acids is 1. The van der Waals surface area contributed by atoms with Crippen LogP contribution in [0.15, 0.2) is 5.38 Å². The average molecular weight is 226 g/mol. The number of fused-ring (bicyclic) bond motifs is 1. The Hall–Kier alpha value is -1.40. The van der Waals surface area contributed by atoms with Crippen molar-refractivity contribution < 1.29 is 14.6 Å². The predicted octanol–water partition coefficient (Wildman–Crippen LogP) is 1.55. The van der Waals surface area contributed by atoms with Gasteiger partial charge in [0.1, 0.15) is 5.69 Å². The Balaban J connectivity index is 2.70. The number of thiazole rings is 1. The normalized spacial score (nSPS) is 11.1. The third kappa shape index (κ3) is 1.51. The Morgan fingerprint density at radius 2 is 2.47 bits per heavy atom. The second-order valence-corrected chi connectivity index (χ2v) is 3.98. The first kappa shape index (κ1) is 10.1. The fraction of sp³-hybridized carbons (Fsp3) is 0.333. The first-order valence-corrected chi connectivity index (χ1v) is 5.20. The number of aryl methyl sites for hydroxylation is 1. The molecular formula is C9H10N2O3S. The van der Waals surface area contributed by atoms with Crippen LogP contribution in [0.1, 0.15) is 21.9 Å². The topological polar surface area (TPSA) is 63.8 Å². The summed E-state index contributed by atoms with van der Waals surface area (Å²) >= 11 is 1.43. The average Bonchev–Trinajstić information content (AvgIpc) is 2.67. The zero-order valence-electron chi connectivity index (χ0n) is 8.35. The molecule has 0 saturated heterocycles. The highest BCUT2D eigenvalue weighted by atomic mass is 32.1. The lowest BCUT2D eigenvalue weighted by atomic mass is 10.3. The van der Waals surface area contributed by atoms with Crippen molar-refractivity contribution in [2.75, 3.05) is 7.11 Å². The van der Waals surface area contributed by atoms with Crippen LogP contribution in [0.2, 0.25) is 0 Å². The summed E-state index contributed by atoms with van der Waals surface area (Å²) in [5.74, 6) is -0.976. The molecule has 0 spiro atoms. The summed E-state index contributed by atoms with van der Waals surface area (Å²) in [6.07, 6.45) is 0. The lowest BCUT2D eigenvalue weighted by Gasteiger charge is -1.98. The van der Waals surface area contributed by atoms with E-state index in [1.54, 1.807) is 4.40 Å². The SMILES string of the molecule is COCc1nc2scc(C)n2c1C(=O)O. The van der Waals surface area contributed by atoms with Gasteiger partial charge in [0.05, 0.1) is 6.61 Å². The largest absolute Gasteiger partial charge is 0.477 e. The van der Waals surface area contributed by atoms with Gasteiger partial charge in [-0.3, -0.25) is 4.40 Å². The van der Waals surface area contributed by atoms with Crippen LogP contribution in [0.3, 0.4) is 0 Å². The molecule has 2 rings (SSSR count). The molecule has 5 nitrogen and oxygen atoms in total. The van der Waals surface area contributed by atoms with Crippen molar-refractivity contribution >= 4 is 22.3 Å². The van der Waals surface area contributed by atoms with Crippen LogP contribution in [0.25, 0.3) is 4.96 Å². The minimum atomic E-state index is -0.976. The number of hydrogen-bond donors (Lipinski definition) is 1. The summed E-state index contributed by atoms with van der Waals surface area (Å²) in [7, 11) is 1.52. The maximum atomic E-state index is 11.1. The van der Waals surface area contributed by atoms with Crippen molar-refractivity contribution in [2.24, 2.45) is 0 Å². The first-order valence-electron chi connectivity index (χ1n) is 4.32. The lowest BCUT2D eigenvalue weighted by molar-refractivity contribution is 0.0683. The van der Waals surface area contributed by atoms with Gasteiger partial charge < -0.3 is 9.84 Å². The van der Waals surface area contributed by atoms with Gasteiger partial charge in [0.25, 0.3) is 0 Å². The van der Waals surface area contributed by atoms with Crippen LogP contribution in [-0.2, 0) is 11.3 Å². The van der Waals surface area contributed by atoms with Gasteiger partial charge in [0.2, 0.25) is 0 Å². The Morgan fingerprint density at radius 1 is 1.73 bits per heavy atom. The van der Waals surface area contributed by atoms with Crippen LogP contribution < -0.4 is 0 Å². The quantitative estimate of drug-likeness (QED) is 0.862. The molecule has 0 saturated carbocycles. The molecule has 2 aromatic heterocycles. The monoisotopic (exact) mass is 226 g/mol. The van der Waals surface area contributed by atoms with Crippen molar-refractivity contribution in [1.29, 1.82) is 0 Å². The smallest absolute Gasteiger partial charge is 0.354 e.